The van der Waals surface area contributed by atoms with Gasteiger partial charge in [-0.3, -0.25) is 13.6 Å². The lowest BCUT2D eigenvalue weighted by atomic mass is 10.4. The zero-order chi connectivity index (χ0) is 13.0. The zero-order valence-corrected chi connectivity index (χ0v) is 16.0. The van der Waals surface area contributed by atoms with E-state index in [0.29, 0.717) is 19.8 Å². The number of hydrogen-bond donors (Lipinski definition) is 0. The molecule has 0 radical (unpaired) electrons. The van der Waals surface area contributed by atoms with Gasteiger partial charge < -0.3 is 0 Å². The maximum Gasteiger partial charge on any atom is 0.474 e. The highest BCUT2D eigenvalue weighted by atomic mass is 35.5. The Morgan fingerprint density at radius 2 is 0.900 bits per heavy atom. The van der Waals surface area contributed by atoms with Crippen molar-refractivity contribution in [1.82, 2.24) is 0 Å². The van der Waals surface area contributed by atoms with Gasteiger partial charge in [-0.1, -0.05) is 40.0 Å². The van der Waals surface area contributed by atoms with Crippen molar-refractivity contribution in [3.05, 3.63) is 0 Å². The van der Waals surface area contributed by atoms with E-state index in [1.165, 1.54) is 0 Å². The molecule has 8 heteroatoms. The van der Waals surface area contributed by atoms with Crippen molar-refractivity contribution in [2.24, 2.45) is 0 Å². The third-order valence-corrected chi connectivity index (χ3v) is 3.74. The molecule has 128 valence electrons. The molecule has 0 spiro atoms. The van der Waals surface area contributed by atoms with Crippen LogP contribution >= 0.6 is 45.0 Å². The summed E-state index contributed by atoms with van der Waals surface area (Å²) in [5.41, 5.74) is 0. The molecule has 0 rings (SSSR count). The Balaban J connectivity index is -0.000000427. The van der Waals surface area contributed by atoms with Crippen LogP contribution in [0.25, 0.3) is 0 Å². The van der Waals surface area contributed by atoms with E-state index >= 15 is 0 Å². The van der Waals surface area contributed by atoms with Gasteiger partial charge in [-0.05, 0) is 19.3 Å². The van der Waals surface area contributed by atoms with Crippen molar-refractivity contribution in [3.63, 3.8) is 0 Å². The number of rotatable bonds is 12. The topological polar surface area (TPSA) is 44.8 Å². The summed E-state index contributed by atoms with van der Waals surface area (Å²) in [7, 11) is -3.31. The van der Waals surface area contributed by atoms with Gasteiger partial charge in [0.2, 0.25) is 0 Å². The summed E-state index contributed by atoms with van der Waals surface area (Å²) >= 11 is 0. The van der Waals surface area contributed by atoms with E-state index in [0.717, 1.165) is 38.5 Å². The average molecular weight is 376 g/mol. The predicted molar refractivity (Wildman–Crippen MR) is 91.9 cm³/mol. The third-order valence-electron chi connectivity index (χ3n) is 2.24. The lowest BCUT2D eigenvalue weighted by Crippen LogP contribution is -2.03. The van der Waals surface area contributed by atoms with Crippen LogP contribution in [0.5, 0.6) is 0 Å². The van der Waals surface area contributed by atoms with Crippen LogP contribution in [0.1, 0.15) is 59.3 Å². The first-order valence-corrected chi connectivity index (χ1v) is 8.18. The summed E-state index contributed by atoms with van der Waals surface area (Å²) in [5, 5.41) is 0. The molecule has 0 aliphatic rings. The van der Waals surface area contributed by atoms with Crippen molar-refractivity contribution in [1.29, 1.82) is 0 Å². The van der Waals surface area contributed by atoms with Gasteiger partial charge in [0, 0.05) is 0 Å². The molecule has 0 aliphatic heterocycles. The third kappa shape index (κ3) is 17.0. The van der Waals surface area contributed by atoms with E-state index in [9.17, 15) is 4.57 Å². The standard InChI is InChI=1S/C12H27O4P.3ClH/c1-4-7-10-14-17(13,15-11-8-5-2)16-12-9-6-3;;;/h4-12H2,1-3H3;3*1H. The maximum atomic E-state index is 12.2. The molecule has 0 fully saturated rings. The Labute approximate surface area is 142 Å². The fourth-order valence-corrected chi connectivity index (χ4v) is 2.36. The first-order valence-electron chi connectivity index (χ1n) is 6.72. The molecular formula is C12H30Cl3O4P. The summed E-state index contributed by atoms with van der Waals surface area (Å²) in [6.07, 6.45) is 5.63. The lowest BCUT2D eigenvalue weighted by Gasteiger charge is -2.17. The van der Waals surface area contributed by atoms with Gasteiger partial charge in [-0.2, -0.15) is 0 Å². The van der Waals surface area contributed by atoms with Crippen LogP contribution in [0.3, 0.4) is 0 Å². The summed E-state index contributed by atoms with van der Waals surface area (Å²) in [6.45, 7) is 7.49. The highest BCUT2D eigenvalue weighted by Crippen LogP contribution is 2.49. The number of unbranched alkanes of at least 4 members (excludes halogenated alkanes) is 3. The van der Waals surface area contributed by atoms with Gasteiger partial charge in [-0.15, -0.1) is 37.2 Å². The van der Waals surface area contributed by atoms with Crippen molar-refractivity contribution >= 4 is 45.0 Å². The Bertz CT molecular complexity index is 188. The quantitative estimate of drug-likeness (QED) is 0.319. The van der Waals surface area contributed by atoms with Gasteiger partial charge >= 0.3 is 7.82 Å². The highest BCUT2D eigenvalue weighted by molar-refractivity contribution is 7.48. The fraction of sp³-hybridized carbons (Fsp3) is 1.00. The van der Waals surface area contributed by atoms with Gasteiger partial charge in [0.25, 0.3) is 0 Å². The van der Waals surface area contributed by atoms with Crippen LogP contribution in [-0.4, -0.2) is 19.8 Å². The first-order chi connectivity index (χ1) is 8.18. The molecule has 0 aromatic heterocycles. The summed E-state index contributed by atoms with van der Waals surface area (Å²) in [5.74, 6) is 0. The van der Waals surface area contributed by atoms with Crippen LogP contribution in [-0.2, 0) is 18.1 Å². The SMILES string of the molecule is CCCCOP(=O)(OCCCC)OCCCC.Cl.Cl.Cl. The normalized spacial score (nSPS) is 10.2. The second-order valence-corrected chi connectivity index (χ2v) is 5.68. The highest BCUT2D eigenvalue weighted by Gasteiger charge is 2.25. The van der Waals surface area contributed by atoms with Crippen molar-refractivity contribution in [2.45, 2.75) is 59.3 Å². The summed E-state index contributed by atoms with van der Waals surface area (Å²) in [4.78, 5) is 0. The lowest BCUT2D eigenvalue weighted by molar-refractivity contribution is 0.110. The molecule has 0 unspecified atom stereocenters. The van der Waals surface area contributed by atoms with Crippen molar-refractivity contribution < 1.29 is 18.1 Å². The maximum absolute atomic E-state index is 12.2. The minimum atomic E-state index is -3.31. The van der Waals surface area contributed by atoms with Crippen LogP contribution in [0, 0.1) is 0 Å². The largest absolute Gasteiger partial charge is 0.474 e. The van der Waals surface area contributed by atoms with E-state index in [-0.39, 0.29) is 37.2 Å². The fourth-order valence-electron chi connectivity index (χ4n) is 1.07. The molecule has 0 amide bonds. The number of hydrogen-bond acceptors (Lipinski definition) is 4. The first kappa shape index (κ1) is 29.0. The van der Waals surface area contributed by atoms with Crippen LogP contribution in [0.15, 0.2) is 0 Å². The van der Waals surface area contributed by atoms with Crippen LogP contribution in [0.2, 0.25) is 0 Å². The second-order valence-electron chi connectivity index (χ2n) is 4.01. The Kier molecular flexibility index (Phi) is 29.0. The molecule has 20 heavy (non-hydrogen) atoms. The van der Waals surface area contributed by atoms with E-state index in [1.54, 1.807) is 0 Å². The molecule has 0 saturated heterocycles. The smallest absolute Gasteiger partial charge is 0.287 e. The monoisotopic (exact) mass is 374 g/mol. The van der Waals surface area contributed by atoms with Gasteiger partial charge in [0.15, 0.2) is 0 Å². The van der Waals surface area contributed by atoms with E-state index in [2.05, 4.69) is 20.8 Å². The Morgan fingerprint density at radius 3 is 1.10 bits per heavy atom. The molecule has 0 N–H and O–H groups in total. The van der Waals surface area contributed by atoms with Gasteiger partial charge in [0.05, 0.1) is 19.8 Å². The molecule has 4 nitrogen and oxygen atoms in total. The van der Waals surface area contributed by atoms with Gasteiger partial charge in [-0.25, -0.2) is 4.57 Å². The minimum Gasteiger partial charge on any atom is -0.287 e. The molecule has 0 saturated carbocycles. The molecule has 0 aliphatic carbocycles. The molecule has 0 atom stereocenters. The average Bonchev–Trinajstić information content (AvgIpc) is 2.30. The molecule has 0 aromatic rings. The number of halogens is 3. The number of phosphoric ester groups is 1. The van der Waals surface area contributed by atoms with Crippen LogP contribution in [0.4, 0.5) is 0 Å². The van der Waals surface area contributed by atoms with Crippen molar-refractivity contribution in [2.75, 3.05) is 19.8 Å². The van der Waals surface area contributed by atoms with E-state index in [1.807, 2.05) is 0 Å². The molecule has 0 bridgehead atoms. The van der Waals surface area contributed by atoms with E-state index in [4.69, 9.17) is 13.6 Å². The molecule has 0 heterocycles. The second kappa shape index (κ2) is 20.0. The Hall–Kier alpha value is 0.980. The zero-order valence-electron chi connectivity index (χ0n) is 12.7. The minimum absolute atomic E-state index is 0. The summed E-state index contributed by atoms with van der Waals surface area (Å²) in [6, 6.07) is 0. The van der Waals surface area contributed by atoms with Crippen molar-refractivity contribution in [3.8, 4) is 0 Å². The molecule has 0 aromatic carbocycles. The Morgan fingerprint density at radius 1 is 0.650 bits per heavy atom. The number of phosphoric acid groups is 1. The predicted octanol–water partition coefficient (Wildman–Crippen LogP) is 5.81. The van der Waals surface area contributed by atoms with E-state index < -0.39 is 7.82 Å². The molecular weight excluding hydrogens is 345 g/mol. The van der Waals surface area contributed by atoms with Gasteiger partial charge in [0.1, 0.15) is 0 Å². The summed E-state index contributed by atoms with van der Waals surface area (Å²) < 4.78 is 28.0. The van der Waals surface area contributed by atoms with Crippen LogP contribution < -0.4 is 0 Å².